The second kappa shape index (κ2) is 10.9. The van der Waals surface area contributed by atoms with Crippen LogP contribution in [0.1, 0.15) is 35.2 Å². The third kappa shape index (κ3) is 6.04. The SMILES string of the molecule is COc1ccc(C(C/C(=C/C(=O)c2ccccc2)Nc2ccccc2)C(C)[N+](=O)[O-])cc1. The van der Waals surface area contributed by atoms with Gasteiger partial charge in [0.05, 0.1) is 13.0 Å². The van der Waals surface area contributed by atoms with Gasteiger partial charge in [-0.05, 0) is 29.8 Å². The van der Waals surface area contributed by atoms with E-state index in [1.807, 2.05) is 48.5 Å². The molecule has 6 nitrogen and oxygen atoms in total. The van der Waals surface area contributed by atoms with Crippen LogP contribution in [0, 0.1) is 10.1 Å². The molecule has 1 N–H and O–H groups in total. The second-order valence-electron chi connectivity index (χ2n) is 7.50. The van der Waals surface area contributed by atoms with Crippen molar-refractivity contribution in [2.24, 2.45) is 0 Å². The lowest BCUT2D eigenvalue weighted by atomic mass is 9.88. The molecule has 0 saturated heterocycles. The second-order valence-corrected chi connectivity index (χ2v) is 7.50. The maximum absolute atomic E-state index is 12.9. The number of ketones is 1. The topological polar surface area (TPSA) is 81.5 Å². The van der Waals surface area contributed by atoms with E-state index in [1.54, 1.807) is 50.4 Å². The van der Waals surface area contributed by atoms with Gasteiger partial charge in [0, 0.05) is 41.3 Å². The maximum atomic E-state index is 12.9. The Kier molecular flexibility index (Phi) is 7.75. The van der Waals surface area contributed by atoms with Gasteiger partial charge in [0.25, 0.3) is 0 Å². The lowest BCUT2D eigenvalue weighted by Crippen LogP contribution is -2.26. The number of carbonyl (C=O) groups excluding carboxylic acids is 1. The molecule has 0 spiro atoms. The average Bonchev–Trinajstić information content (AvgIpc) is 2.83. The highest BCUT2D eigenvalue weighted by atomic mass is 16.6. The van der Waals surface area contributed by atoms with Gasteiger partial charge in [0.2, 0.25) is 6.04 Å². The molecule has 0 aliphatic carbocycles. The summed E-state index contributed by atoms with van der Waals surface area (Å²) in [7, 11) is 1.58. The minimum Gasteiger partial charge on any atom is -0.497 e. The van der Waals surface area contributed by atoms with Gasteiger partial charge < -0.3 is 10.1 Å². The van der Waals surface area contributed by atoms with E-state index >= 15 is 0 Å². The molecule has 0 heterocycles. The lowest BCUT2D eigenvalue weighted by molar-refractivity contribution is -0.522. The number of carbonyl (C=O) groups is 1. The molecule has 0 aromatic heterocycles. The van der Waals surface area contributed by atoms with Crippen LogP contribution in [0.5, 0.6) is 5.75 Å². The van der Waals surface area contributed by atoms with Gasteiger partial charge in [-0.1, -0.05) is 60.7 Å². The van der Waals surface area contributed by atoms with Crippen molar-refractivity contribution < 1.29 is 14.5 Å². The van der Waals surface area contributed by atoms with Crippen LogP contribution in [0.4, 0.5) is 5.69 Å². The molecule has 3 aromatic carbocycles. The molecule has 2 unspecified atom stereocenters. The summed E-state index contributed by atoms with van der Waals surface area (Å²) in [6.07, 6.45) is 1.83. The van der Waals surface area contributed by atoms with Gasteiger partial charge >= 0.3 is 0 Å². The number of nitrogens with one attached hydrogen (secondary N) is 1. The lowest BCUT2D eigenvalue weighted by Gasteiger charge is -2.22. The molecule has 0 amide bonds. The van der Waals surface area contributed by atoms with Crippen LogP contribution in [0.25, 0.3) is 0 Å². The summed E-state index contributed by atoms with van der Waals surface area (Å²) >= 11 is 0. The van der Waals surface area contributed by atoms with Crippen LogP contribution < -0.4 is 10.1 Å². The van der Waals surface area contributed by atoms with Gasteiger partial charge in [0.15, 0.2) is 5.78 Å². The Hall–Kier alpha value is -3.93. The third-order valence-electron chi connectivity index (χ3n) is 5.34. The summed E-state index contributed by atoms with van der Waals surface area (Å²) < 4.78 is 5.22. The van der Waals surface area contributed by atoms with Gasteiger partial charge in [-0.2, -0.15) is 0 Å². The largest absolute Gasteiger partial charge is 0.497 e. The van der Waals surface area contributed by atoms with Crippen molar-refractivity contribution in [2.45, 2.75) is 25.3 Å². The predicted molar refractivity (Wildman–Crippen MR) is 126 cm³/mol. The zero-order valence-electron chi connectivity index (χ0n) is 18.1. The minimum atomic E-state index is -0.851. The molecule has 0 aliphatic rings. The molecule has 0 fully saturated rings. The molecule has 6 heteroatoms. The van der Waals surface area contributed by atoms with E-state index in [1.165, 1.54) is 6.08 Å². The number of nitro groups is 1. The van der Waals surface area contributed by atoms with E-state index in [0.29, 0.717) is 23.4 Å². The summed E-state index contributed by atoms with van der Waals surface area (Å²) in [5.41, 5.74) is 2.78. The van der Waals surface area contributed by atoms with E-state index in [4.69, 9.17) is 4.74 Å². The van der Waals surface area contributed by atoms with E-state index in [-0.39, 0.29) is 10.7 Å². The Labute approximate surface area is 187 Å². The standard InChI is InChI=1S/C26H26N2O4/c1-19(28(30)31)25(20-13-15-24(32-2)16-14-20)17-23(27-22-11-7-4-8-12-22)18-26(29)21-9-5-3-6-10-21/h3-16,18-19,25,27H,17H2,1-2H3/b23-18-. The molecule has 0 bridgehead atoms. The Morgan fingerprint density at radius 1 is 1.00 bits per heavy atom. The van der Waals surface area contributed by atoms with Crippen LogP contribution >= 0.6 is 0 Å². The minimum absolute atomic E-state index is 0.161. The Bertz CT molecular complexity index is 1060. The zero-order valence-corrected chi connectivity index (χ0v) is 18.1. The first kappa shape index (κ1) is 22.7. The van der Waals surface area contributed by atoms with Crippen molar-refractivity contribution in [1.29, 1.82) is 0 Å². The van der Waals surface area contributed by atoms with Crippen molar-refractivity contribution in [3.63, 3.8) is 0 Å². The van der Waals surface area contributed by atoms with Crippen molar-refractivity contribution in [2.75, 3.05) is 12.4 Å². The fourth-order valence-corrected chi connectivity index (χ4v) is 3.50. The van der Waals surface area contributed by atoms with Crippen LogP contribution in [0.3, 0.4) is 0 Å². The first-order chi connectivity index (χ1) is 15.5. The van der Waals surface area contributed by atoms with Gasteiger partial charge in [0.1, 0.15) is 5.75 Å². The Balaban J connectivity index is 1.97. The fourth-order valence-electron chi connectivity index (χ4n) is 3.50. The van der Waals surface area contributed by atoms with Crippen LogP contribution in [0.2, 0.25) is 0 Å². The summed E-state index contributed by atoms with van der Waals surface area (Å²) in [6.45, 7) is 1.59. The summed E-state index contributed by atoms with van der Waals surface area (Å²) in [6, 6.07) is 24.8. The molecule has 164 valence electrons. The number of hydrogen-bond donors (Lipinski definition) is 1. The smallest absolute Gasteiger partial charge is 0.217 e. The number of rotatable bonds is 10. The molecule has 0 saturated carbocycles. The number of benzene rings is 3. The number of allylic oxidation sites excluding steroid dienone is 2. The van der Waals surface area contributed by atoms with E-state index < -0.39 is 12.0 Å². The van der Waals surface area contributed by atoms with Crippen LogP contribution in [0.15, 0.2) is 96.7 Å². The zero-order chi connectivity index (χ0) is 22.9. The van der Waals surface area contributed by atoms with Crippen molar-refractivity contribution >= 4 is 11.5 Å². The monoisotopic (exact) mass is 430 g/mol. The van der Waals surface area contributed by atoms with E-state index in [9.17, 15) is 14.9 Å². The highest BCUT2D eigenvalue weighted by Gasteiger charge is 2.29. The summed E-state index contributed by atoms with van der Waals surface area (Å²) in [5, 5.41) is 15.0. The molecule has 0 aliphatic heterocycles. The van der Waals surface area contributed by atoms with Crippen molar-refractivity contribution in [3.8, 4) is 5.75 Å². The molecular formula is C26H26N2O4. The number of nitrogens with zero attached hydrogens (tertiary/aromatic N) is 1. The van der Waals surface area contributed by atoms with Gasteiger partial charge in [-0.25, -0.2) is 0 Å². The Morgan fingerprint density at radius 3 is 2.16 bits per heavy atom. The fraction of sp³-hybridized carbons (Fsp3) is 0.192. The van der Waals surface area contributed by atoms with E-state index in [2.05, 4.69) is 5.32 Å². The molecule has 2 atom stereocenters. The quantitative estimate of drug-likeness (QED) is 0.193. The number of anilines is 1. The number of methoxy groups -OCH3 is 1. The molecular weight excluding hydrogens is 404 g/mol. The molecule has 3 rings (SSSR count). The highest BCUT2D eigenvalue weighted by Crippen LogP contribution is 2.31. The molecule has 0 radical (unpaired) electrons. The summed E-state index contributed by atoms with van der Waals surface area (Å²) in [4.78, 5) is 24.3. The summed E-state index contributed by atoms with van der Waals surface area (Å²) in [5.74, 6) is 0.0758. The van der Waals surface area contributed by atoms with Gasteiger partial charge in [-0.3, -0.25) is 14.9 Å². The van der Waals surface area contributed by atoms with Crippen molar-refractivity contribution in [1.82, 2.24) is 0 Å². The number of ether oxygens (including phenoxy) is 1. The van der Waals surface area contributed by atoms with Gasteiger partial charge in [-0.15, -0.1) is 0 Å². The number of para-hydroxylation sites is 1. The van der Waals surface area contributed by atoms with Crippen LogP contribution in [-0.4, -0.2) is 23.9 Å². The third-order valence-corrected chi connectivity index (χ3v) is 5.34. The molecule has 32 heavy (non-hydrogen) atoms. The first-order valence-electron chi connectivity index (χ1n) is 10.4. The average molecular weight is 431 g/mol. The number of hydrogen-bond acceptors (Lipinski definition) is 5. The van der Waals surface area contributed by atoms with Crippen molar-refractivity contribution in [3.05, 3.63) is 118 Å². The Morgan fingerprint density at radius 2 is 1.59 bits per heavy atom. The van der Waals surface area contributed by atoms with Crippen LogP contribution in [-0.2, 0) is 0 Å². The molecule has 3 aromatic rings. The normalized spacial score (nSPS) is 13.1. The predicted octanol–water partition coefficient (Wildman–Crippen LogP) is 5.71. The maximum Gasteiger partial charge on any atom is 0.217 e. The van der Waals surface area contributed by atoms with E-state index in [0.717, 1.165) is 11.3 Å². The first-order valence-corrected chi connectivity index (χ1v) is 10.4. The highest BCUT2D eigenvalue weighted by molar-refractivity contribution is 6.05.